The van der Waals surface area contributed by atoms with E-state index in [1.165, 1.54) is 0 Å². The van der Waals surface area contributed by atoms with Crippen molar-refractivity contribution in [2.75, 3.05) is 0 Å². The van der Waals surface area contributed by atoms with Gasteiger partial charge in [0.25, 0.3) is 0 Å². The first kappa shape index (κ1) is 16.2. The Morgan fingerprint density at radius 1 is 0.682 bits per heavy atom. The molecule has 0 unspecified atom stereocenters. The van der Waals surface area contributed by atoms with E-state index in [1.807, 2.05) is 74.5 Å². The van der Waals surface area contributed by atoms with Crippen LogP contribution in [-0.4, -0.2) is 11.6 Å². The Morgan fingerprint density at radius 3 is 1.27 bits per heavy atom. The van der Waals surface area contributed by atoms with Gasteiger partial charge in [-0.2, -0.15) is 0 Å². The van der Waals surface area contributed by atoms with Crippen LogP contribution in [0.2, 0.25) is 0 Å². The molecule has 0 radical (unpaired) electrons. The van der Waals surface area contributed by atoms with Crippen molar-refractivity contribution in [3.05, 3.63) is 71.8 Å². The van der Waals surface area contributed by atoms with E-state index in [1.54, 1.807) is 0 Å². The summed E-state index contributed by atoms with van der Waals surface area (Å²) in [5, 5.41) is 0. The zero-order valence-electron chi connectivity index (χ0n) is 13.2. The molecular weight excluding hydrogens is 272 g/mol. The van der Waals surface area contributed by atoms with E-state index in [0.717, 1.165) is 0 Å². The van der Waals surface area contributed by atoms with E-state index in [0.29, 0.717) is 24.0 Å². The van der Waals surface area contributed by atoms with Crippen LogP contribution in [0.15, 0.2) is 60.7 Å². The smallest absolute Gasteiger partial charge is 0.166 e. The predicted molar refractivity (Wildman–Crippen MR) is 89.1 cm³/mol. The number of benzene rings is 2. The molecule has 2 heteroatoms. The maximum absolute atomic E-state index is 12.8. The second-order valence-electron chi connectivity index (χ2n) is 5.49. The van der Waals surface area contributed by atoms with Crippen molar-refractivity contribution in [3.8, 4) is 0 Å². The van der Waals surface area contributed by atoms with Gasteiger partial charge < -0.3 is 0 Å². The number of rotatable bonds is 7. The average molecular weight is 294 g/mol. The summed E-state index contributed by atoms with van der Waals surface area (Å²) >= 11 is 0. The van der Waals surface area contributed by atoms with Crippen molar-refractivity contribution in [1.82, 2.24) is 0 Å². The first-order valence-electron chi connectivity index (χ1n) is 7.87. The molecule has 0 saturated heterocycles. The lowest BCUT2D eigenvalue weighted by molar-refractivity contribution is 0.0756. The molecule has 0 N–H and O–H groups in total. The highest BCUT2D eigenvalue weighted by Gasteiger charge is 2.31. The number of Topliss-reactive ketones (excluding diaryl/α,β-unsaturated/α-hetero) is 2. The molecule has 0 spiro atoms. The molecule has 2 atom stereocenters. The molecule has 0 aliphatic rings. The molecule has 0 aromatic heterocycles. The fourth-order valence-electron chi connectivity index (χ4n) is 2.94. The predicted octanol–water partition coefficient (Wildman–Crippen LogP) is 4.80. The van der Waals surface area contributed by atoms with Gasteiger partial charge in [-0.25, -0.2) is 0 Å². The topological polar surface area (TPSA) is 34.1 Å². The second-order valence-corrected chi connectivity index (χ2v) is 5.49. The maximum Gasteiger partial charge on any atom is 0.166 e. The summed E-state index contributed by atoms with van der Waals surface area (Å²) in [5.74, 6) is -0.390. The highest BCUT2D eigenvalue weighted by molar-refractivity contribution is 6.04. The number of carbonyl (C=O) groups is 2. The van der Waals surface area contributed by atoms with E-state index in [4.69, 9.17) is 0 Å². The Balaban J connectivity index is 2.27. The Morgan fingerprint density at radius 2 is 1.00 bits per heavy atom. The van der Waals surface area contributed by atoms with Crippen molar-refractivity contribution < 1.29 is 9.59 Å². The molecule has 0 amide bonds. The van der Waals surface area contributed by atoms with E-state index >= 15 is 0 Å². The number of hydrogen-bond acceptors (Lipinski definition) is 2. The summed E-state index contributed by atoms with van der Waals surface area (Å²) in [7, 11) is 0. The second kappa shape index (κ2) is 7.69. The van der Waals surface area contributed by atoms with Gasteiger partial charge in [-0.3, -0.25) is 9.59 Å². The van der Waals surface area contributed by atoms with Crippen LogP contribution in [-0.2, 0) is 0 Å². The molecule has 0 heterocycles. The molecule has 2 rings (SSSR count). The van der Waals surface area contributed by atoms with E-state index in [9.17, 15) is 9.59 Å². The quantitative estimate of drug-likeness (QED) is 0.687. The van der Waals surface area contributed by atoms with E-state index in [-0.39, 0.29) is 23.4 Å². The lowest BCUT2D eigenvalue weighted by atomic mass is 9.78. The lowest BCUT2D eigenvalue weighted by Crippen LogP contribution is -2.29. The standard InChI is InChI=1S/C20H22O2/c1-3-17(19(21)15-11-7-5-8-12-15)18(4-2)20(22)16-13-9-6-10-14-16/h5-14,17-18H,3-4H2,1-2H3/t17-,18-/m0/s1. The average Bonchev–Trinajstić information content (AvgIpc) is 2.60. The zero-order chi connectivity index (χ0) is 15.9. The zero-order valence-corrected chi connectivity index (χ0v) is 13.2. The summed E-state index contributed by atoms with van der Waals surface area (Å²) in [6.07, 6.45) is 1.34. The molecule has 0 saturated carbocycles. The van der Waals surface area contributed by atoms with Crippen LogP contribution in [0.3, 0.4) is 0 Å². The van der Waals surface area contributed by atoms with Crippen molar-refractivity contribution in [2.45, 2.75) is 26.7 Å². The van der Waals surface area contributed by atoms with Crippen molar-refractivity contribution in [3.63, 3.8) is 0 Å². The van der Waals surface area contributed by atoms with Gasteiger partial charge in [0.05, 0.1) is 0 Å². The molecule has 0 fully saturated rings. The van der Waals surface area contributed by atoms with Crippen LogP contribution < -0.4 is 0 Å². The fraction of sp³-hybridized carbons (Fsp3) is 0.300. The SMILES string of the molecule is CC[C@H](C(=O)c1ccccc1)[C@H](CC)C(=O)c1ccccc1. The molecule has 0 bridgehead atoms. The summed E-state index contributed by atoms with van der Waals surface area (Å²) in [5.41, 5.74) is 1.38. The third-order valence-electron chi connectivity index (χ3n) is 4.16. The summed E-state index contributed by atoms with van der Waals surface area (Å²) in [6.45, 7) is 3.96. The number of ketones is 2. The van der Waals surface area contributed by atoms with Gasteiger partial charge >= 0.3 is 0 Å². The minimum Gasteiger partial charge on any atom is -0.294 e. The summed E-state index contributed by atoms with van der Waals surface area (Å²) in [4.78, 5) is 25.5. The molecule has 2 aromatic carbocycles. The fourth-order valence-corrected chi connectivity index (χ4v) is 2.94. The van der Waals surface area contributed by atoms with Crippen LogP contribution in [0.25, 0.3) is 0 Å². The van der Waals surface area contributed by atoms with E-state index in [2.05, 4.69) is 0 Å². The minimum atomic E-state index is -0.264. The molecule has 22 heavy (non-hydrogen) atoms. The monoisotopic (exact) mass is 294 g/mol. The van der Waals surface area contributed by atoms with Gasteiger partial charge in [0, 0.05) is 23.0 Å². The molecule has 2 nitrogen and oxygen atoms in total. The Labute approximate surface area is 132 Å². The van der Waals surface area contributed by atoms with Crippen LogP contribution >= 0.6 is 0 Å². The van der Waals surface area contributed by atoms with Gasteiger partial charge in [0.15, 0.2) is 11.6 Å². The number of carbonyl (C=O) groups excluding carboxylic acids is 2. The van der Waals surface area contributed by atoms with Crippen molar-refractivity contribution in [2.24, 2.45) is 11.8 Å². The van der Waals surface area contributed by atoms with Crippen LogP contribution in [0.4, 0.5) is 0 Å². The first-order valence-corrected chi connectivity index (χ1v) is 7.87. The minimum absolute atomic E-state index is 0.0687. The highest BCUT2D eigenvalue weighted by atomic mass is 16.1. The van der Waals surface area contributed by atoms with Gasteiger partial charge in [-0.1, -0.05) is 74.5 Å². The van der Waals surface area contributed by atoms with Crippen molar-refractivity contribution in [1.29, 1.82) is 0 Å². The highest BCUT2D eigenvalue weighted by Crippen LogP contribution is 2.27. The Kier molecular flexibility index (Phi) is 5.65. The van der Waals surface area contributed by atoms with E-state index < -0.39 is 0 Å². The maximum atomic E-state index is 12.8. The lowest BCUT2D eigenvalue weighted by Gasteiger charge is -2.23. The normalized spacial score (nSPS) is 13.4. The largest absolute Gasteiger partial charge is 0.294 e. The Bertz CT molecular complexity index is 559. The summed E-state index contributed by atoms with van der Waals surface area (Å²) < 4.78 is 0. The van der Waals surface area contributed by atoms with Crippen LogP contribution in [0.1, 0.15) is 47.4 Å². The molecule has 2 aromatic rings. The third-order valence-corrected chi connectivity index (χ3v) is 4.16. The van der Waals surface area contributed by atoms with Gasteiger partial charge in [-0.05, 0) is 12.8 Å². The van der Waals surface area contributed by atoms with Crippen LogP contribution in [0, 0.1) is 11.8 Å². The summed E-state index contributed by atoms with van der Waals surface area (Å²) in [6, 6.07) is 18.5. The first-order chi connectivity index (χ1) is 10.7. The van der Waals surface area contributed by atoms with Crippen molar-refractivity contribution >= 4 is 11.6 Å². The molecule has 114 valence electrons. The van der Waals surface area contributed by atoms with Gasteiger partial charge in [-0.15, -0.1) is 0 Å². The number of hydrogen-bond donors (Lipinski definition) is 0. The van der Waals surface area contributed by atoms with Crippen LogP contribution in [0.5, 0.6) is 0 Å². The molecule has 0 aliphatic carbocycles. The third kappa shape index (κ3) is 3.51. The molecular formula is C20H22O2. The van der Waals surface area contributed by atoms with Gasteiger partial charge in [0.1, 0.15) is 0 Å². The Hall–Kier alpha value is -2.22. The molecule has 0 aliphatic heterocycles. The van der Waals surface area contributed by atoms with Gasteiger partial charge in [0.2, 0.25) is 0 Å².